The van der Waals surface area contributed by atoms with Gasteiger partial charge in [0.2, 0.25) is 16.0 Å². The van der Waals surface area contributed by atoms with Crippen molar-refractivity contribution in [3.05, 3.63) is 52.5 Å². The Bertz CT molecular complexity index is 1250. The lowest BCUT2D eigenvalue weighted by Crippen LogP contribution is -2.24. The van der Waals surface area contributed by atoms with E-state index < -0.39 is 27.2 Å². The van der Waals surface area contributed by atoms with Crippen LogP contribution < -0.4 is 20.3 Å². The third kappa shape index (κ3) is 5.27. The first-order chi connectivity index (χ1) is 14.1. The Balaban J connectivity index is 1.78. The maximum Gasteiger partial charge on any atom is 0.294 e. The minimum atomic E-state index is -3.24. The minimum Gasteiger partial charge on any atom is -0.448 e. The van der Waals surface area contributed by atoms with Gasteiger partial charge in [-0.25, -0.2) is 26.9 Å². The molecule has 0 amide bonds. The summed E-state index contributed by atoms with van der Waals surface area (Å²) in [5.41, 5.74) is -0.244. The van der Waals surface area contributed by atoms with Crippen LogP contribution in [0.2, 0.25) is 0 Å². The molecule has 0 radical (unpaired) electrons. The van der Waals surface area contributed by atoms with E-state index in [2.05, 4.69) is 20.0 Å². The predicted octanol–water partition coefficient (Wildman–Crippen LogP) is 1.75. The van der Waals surface area contributed by atoms with E-state index in [0.29, 0.717) is 30.1 Å². The van der Waals surface area contributed by atoms with Crippen LogP contribution in [0.1, 0.15) is 6.42 Å². The second-order valence-corrected chi connectivity index (χ2v) is 8.30. The van der Waals surface area contributed by atoms with Crippen LogP contribution in [0.15, 0.2) is 35.3 Å². The van der Waals surface area contributed by atoms with E-state index >= 15 is 0 Å². The fourth-order valence-electron chi connectivity index (χ4n) is 2.60. The standard InChI is InChI=1S/C18H19F2N5O4S/c1-25-16-11(10-22-18(24-16)21-6-3-7-23-30(2,27)28)8-15(17(25)26)29-14-5-4-12(19)9-13(14)20/h4-5,8-10,23H,3,6-7H2,1-2H3,(H,21,22,24). The summed E-state index contributed by atoms with van der Waals surface area (Å²) in [6, 6.07) is 4.15. The van der Waals surface area contributed by atoms with Gasteiger partial charge in [0.15, 0.2) is 17.3 Å². The van der Waals surface area contributed by atoms with Crippen molar-refractivity contribution >= 4 is 27.0 Å². The number of sulfonamides is 1. The van der Waals surface area contributed by atoms with E-state index in [1.807, 2.05) is 0 Å². The van der Waals surface area contributed by atoms with Crippen molar-refractivity contribution in [2.75, 3.05) is 24.7 Å². The van der Waals surface area contributed by atoms with E-state index in [-0.39, 0.29) is 24.0 Å². The summed E-state index contributed by atoms with van der Waals surface area (Å²) in [7, 11) is -1.76. The number of pyridine rings is 1. The quantitative estimate of drug-likeness (QED) is 0.514. The zero-order chi connectivity index (χ0) is 21.9. The van der Waals surface area contributed by atoms with Gasteiger partial charge < -0.3 is 10.1 Å². The maximum absolute atomic E-state index is 13.8. The number of halogens is 2. The van der Waals surface area contributed by atoms with Crippen molar-refractivity contribution in [2.45, 2.75) is 6.42 Å². The molecule has 30 heavy (non-hydrogen) atoms. The summed E-state index contributed by atoms with van der Waals surface area (Å²) in [5, 5.41) is 3.42. The number of anilines is 1. The predicted molar refractivity (Wildman–Crippen MR) is 107 cm³/mol. The lowest BCUT2D eigenvalue weighted by Gasteiger charge is -2.11. The second kappa shape index (κ2) is 8.71. The number of fused-ring (bicyclic) bond motifs is 1. The van der Waals surface area contributed by atoms with Crippen LogP contribution in [0.4, 0.5) is 14.7 Å². The molecule has 3 rings (SSSR count). The number of aryl methyl sites for hydroxylation is 1. The van der Waals surface area contributed by atoms with Gasteiger partial charge in [-0.15, -0.1) is 0 Å². The molecule has 0 saturated heterocycles. The van der Waals surface area contributed by atoms with Crippen LogP contribution in [0.5, 0.6) is 11.5 Å². The van der Waals surface area contributed by atoms with E-state index in [0.717, 1.165) is 18.4 Å². The van der Waals surface area contributed by atoms with E-state index in [4.69, 9.17) is 4.74 Å². The largest absolute Gasteiger partial charge is 0.448 e. The molecule has 0 aliphatic heterocycles. The molecule has 0 aliphatic carbocycles. The number of hydrogen-bond donors (Lipinski definition) is 2. The lowest BCUT2D eigenvalue weighted by molar-refractivity contribution is 0.430. The number of hydrogen-bond acceptors (Lipinski definition) is 7. The van der Waals surface area contributed by atoms with Crippen LogP contribution in [0.25, 0.3) is 11.0 Å². The van der Waals surface area contributed by atoms with Crippen molar-refractivity contribution in [3.8, 4) is 11.5 Å². The molecule has 2 N–H and O–H groups in total. The molecule has 3 aromatic rings. The molecular weight excluding hydrogens is 420 g/mol. The molecule has 2 heterocycles. The minimum absolute atomic E-state index is 0.160. The van der Waals surface area contributed by atoms with Crippen molar-refractivity contribution in [2.24, 2.45) is 7.05 Å². The summed E-state index contributed by atoms with van der Waals surface area (Å²) in [6.45, 7) is 0.672. The van der Waals surface area contributed by atoms with Crippen molar-refractivity contribution in [1.29, 1.82) is 0 Å². The maximum atomic E-state index is 13.8. The molecule has 0 atom stereocenters. The summed E-state index contributed by atoms with van der Waals surface area (Å²) >= 11 is 0. The van der Waals surface area contributed by atoms with Gasteiger partial charge in [-0.05, 0) is 24.6 Å². The Labute approximate surface area is 170 Å². The second-order valence-electron chi connectivity index (χ2n) is 6.47. The van der Waals surface area contributed by atoms with Crippen LogP contribution in [-0.4, -0.2) is 42.3 Å². The molecule has 9 nitrogen and oxygen atoms in total. The Morgan fingerprint density at radius 1 is 1.17 bits per heavy atom. The molecule has 0 unspecified atom stereocenters. The Hall–Kier alpha value is -3.12. The molecule has 12 heteroatoms. The van der Waals surface area contributed by atoms with E-state index in [1.165, 1.54) is 23.9 Å². The smallest absolute Gasteiger partial charge is 0.294 e. The first kappa shape index (κ1) is 21.6. The van der Waals surface area contributed by atoms with E-state index in [9.17, 15) is 22.0 Å². The van der Waals surface area contributed by atoms with Gasteiger partial charge in [-0.1, -0.05) is 0 Å². The molecular formula is C18H19F2N5O4S. The third-order valence-corrected chi connectivity index (χ3v) is 4.76. The normalized spacial score (nSPS) is 11.6. The number of aromatic nitrogens is 3. The van der Waals surface area contributed by atoms with Gasteiger partial charge >= 0.3 is 0 Å². The average Bonchev–Trinajstić information content (AvgIpc) is 2.67. The average molecular weight is 439 g/mol. The number of ether oxygens (including phenoxy) is 1. The monoisotopic (exact) mass is 439 g/mol. The van der Waals surface area contributed by atoms with Crippen LogP contribution in [0.3, 0.4) is 0 Å². The van der Waals surface area contributed by atoms with Crippen LogP contribution in [-0.2, 0) is 17.1 Å². The zero-order valence-electron chi connectivity index (χ0n) is 16.1. The fourth-order valence-corrected chi connectivity index (χ4v) is 3.11. The summed E-state index contributed by atoms with van der Waals surface area (Å²) in [4.78, 5) is 21.0. The molecule has 0 bridgehead atoms. The van der Waals surface area contributed by atoms with Gasteiger partial charge in [0.05, 0.1) is 6.26 Å². The lowest BCUT2D eigenvalue weighted by atomic mass is 10.3. The first-order valence-corrected chi connectivity index (χ1v) is 10.7. The Morgan fingerprint density at radius 2 is 1.93 bits per heavy atom. The number of nitrogens with one attached hydrogen (secondary N) is 2. The van der Waals surface area contributed by atoms with Gasteiger partial charge in [0.1, 0.15) is 11.5 Å². The Morgan fingerprint density at radius 3 is 2.63 bits per heavy atom. The summed E-state index contributed by atoms with van der Waals surface area (Å²) < 4.78 is 57.8. The van der Waals surface area contributed by atoms with Gasteiger partial charge in [-0.3, -0.25) is 9.36 Å². The van der Waals surface area contributed by atoms with E-state index in [1.54, 1.807) is 0 Å². The topological polar surface area (TPSA) is 115 Å². The van der Waals surface area contributed by atoms with Crippen LogP contribution >= 0.6 is 0 Å². The fraction of sp³-hybridized carbons (Fsp3) is 0.278. The molecule has 0 fully saturated rings. The molecule has 160 valence electrons. The molecule has 0 spiro atoms. The third-order valence-electron chi connectivity index (χ3n) is 4.03. The summed E-state index contributed by atoms with van der Waals surface area (Å²) in [6.07, 6.45) is 3.05. The van der Waals surface area contributed by atoms with Gasteiger partial charge in [0.25, 0.3) is 5.56 Å². The molecule has 0 aliphatic rings. The zero-order valence-corrected chi connectivity index (χ0v) is 17.0. The Kier molecular flexibility index (Phi) is 6.27. The van der Waals surface area contributed by atoms with Gasteiger partial charge in [0, 0.05) is 37.8 Å². The van der Waals surface area contributed by atoms with Crippen molar-refractivity contribution in [1.82, 2.24) is 19.3 Å². The number of nitrogens with zero attached hydrogens (tertiary/aromatic N) is 3. The first-order valence-electron chi connectivity index (χ1n) is 8.82. The van der Waals surface area contributed by atoms with Crippen molar-refractivity contribution in [3.63, 3.8) is 0 Å². The highest BCUT2D eigenvalue weighted by Gasteiger charge is 2.14. The van der Waals surface area contributed by atoms with Gasteiger partial charge in [-0.2, -0.15) is 4.98 Å². The highest BCUT2D eigenvalue weighted by atomic mass is 32.2. The molecule has 2 aromatic heterocycles. The highest BCUT2D eigenvalue weighted by molar-refractivity contribution is 7.88. The van der Waals surface area contributed by atoms with Crippen LogP contribution in [0, 0.1) is 11.6 Å². The van der Waals surface area contributed by atoms with Crippen molar-refractivity contribution < 1.29 is 21.9 Å². The summed E-state index contributed by atoms with van der Waals surface area (Å²) in [5.74, 6) is -1.87. The SMILES string of the molecule is Cn1c(=O)c(Oc2ccc(F)cc2F)cc2cnc(NCCCNS(C)(=O)=O)nc21. The highest BCUT2D eigenvalue weighted by Crippen LogP contribution is 2.24. The molecule has 0 saturated carbocycles. The number of benzene rings is 1. The molecule has 1 aromatic carbocycles. The number of rotatable bonds is 8.